The molecule has 2 atom stereocenters. The van der Waals surface area contributed by atoms with Crippen molar-refractivity contribution in [1.29, 1.82) is 0 Å². The van der Waals surface area contributed by atoms with Crippen LogP contribution in [-0.4, -0.2) is 23.2 Å². The molecule has 0 aliphatic heterocycles. The maximum Gasteiger partial charge on any atom is 0.217 e. The third kappa shape index (κ3) is 11.0. The van der Waals surface area contributed by atoms with E-state index in [0.717, 1.165) is 18.4 Å². The van der Waals surface area contributed by atoms with Gasteiger partial charge >= 0.3 is 0 Å². The Bertz CT molecular complexity index is 447. The first-order valence-electron chi connectivity index (χ1n) is 10.1. The van der Waals surface area contributed by atoms with E-state index in [0.29, 0.717) is 6.42 Å². The second kappa shape index (κ2) is 13.9. The van der Waals surface area contributed by atoms with Crippen molar-refractivity contribution < 1.29 is 9.90 Å². The molecule has 1 rings (SSSR count). The number of amides is 1. The third-order valence-corrected chi connectivity index (χ3v) is 4.76. The minimum Gasteiger partial charge on any atom is -0.391 e. The van der Waals surface area contributed by atoms with Gasteiger partial charge in [-0.25, -0.2) is 0 Å². The van der Waals surface area contributed by atoms with Crippen molar-refractivity contribution in [3.63, 3.8) is 0 Å². The molecule has 0 aliphatic rings. The van der Waals surface area contributed by atoms with Crippen molar-refractivity contribution in [1.82, 2.24) is 5.32 Å². The fourth-order valence-electron chi connectivity index (χ4n) is 3.28. The van der Waals surface area contributed by atoms with Crippen molar-refractivity contribution in [3.05, 3.63) is 35.9 Å². The summed E-state index contributed by atoms with van der Waals surface area (Å²) in [4.78, 5) is 11.4. The lowest BCUT2D eigenvalue weighted by Crippen LogP contribution is -2.43. The summed E-state index contributed by atoms with van der Waals surface area (Å²) in [6.07, 6.45) is 12.4. The Balaban J connectivity index is 2.23. The number of benzene rings is 1. The second-order valence-corrected chi connectivity index (χ2v) is 7.18. The number of hydrogen-bond acceptors (Lipinski definition) is 2. The zero-order chi connectivity index (χ0) is 18.3. The first-order chi connectivity index (χ1) is 12.1. The van der Waals surface area contributed by atoms with Crippen LogP contribution in [0.4, 0.5) is 0 Å². The van der Waals surface area contributed by atoms with Crippen LogP contribution in [-0.2, 0) is 11.2 Å². The molecule has 1 amide bonds. The number of aliphatic hydroxyl groups is 1. The summed E-state index contributed by atoms with van der Waals surface area (Å²) in [5, 5.41) is 13.4. The number of nitrogens with one attached hydrogen (secondary N) is 1. The fraction of sp³-hybridized carbons (Fsp3) is 0.682. The number of carbonyl (C=O) groups is 1. The molecule has 0 saturated carbocycles. The normalized spacial score (nSPS) is 13.4. The number of carbonyl (C=O) groups excluding carboxylic acids is 1. The molecule has 0 radical (unpaired) electrons. The van der Waals surface area contributed by atoms with E-state index in [1.165, 1.54) is 58.3 Å². The Morgan fingerprint density at radius 2 is 1.52 bits per heavy atom. The third-order valence-electron chi connectivity index (χ3n) is 4.76. The summed E-state index contributed by atoms with van der Waals surface area (Å²) < 4.78 is 0. The highest BCUT2D eigenvalue weighted by Crippen LogP contribution is 2.14. The van der Waals surface area contributed by atoms with Crippen LogP contribution < -0.4 is 5.32 Å². The Morgan fingerprint density at radius 3 is 2.08 bits per heavy atom. The van der Waals surface area contributed by atoms with E-state index >= 15 is 0 Å². The van der Waals surface area contributed by atoms with E-state index in [-0.39, 0.29) is 11.9 Å². The monoisotopic (exact) mass is 347 g/mol. The lowest BCUT2D eigenvalue weighted by atomic mass is 9.96. The standard InChI is InChI=1S/C22H37NO2/c1-3-4-5-6-7-8-9-10-14-17-22(25)21(23-19(2)24)18-20-15-12-11-13-16-20/h11-13,15-16,21-22,25H,3-10,14,17-18H2,1-2H3,(H,23,24). The van der Waals surface area contributed by atoms with E-state index in [4.69, 9.17) is 0 Å². The van der Waals surface area contributed by atoms with Gasteiger partial charge in [-0.1, -0.05) is 95.0 Å². The van der Waals surface area contributed by atoms with Gasteiger partial charge in [0.15, 0.2) is 0 Å². The summed E-state index contributed by atoms with van der Waals surface area (Å²) >= 11 is 0. The van der Waals surface area contributed by atoms with Crippen LogP contribution in [0.5, 0.6) is 0 Å². The maximum atomic E-state index is 11.4. The van der Waals surface area contributed by atoms with Gasteiger partial charge < -0.3 is 10.4 Å². The fourth-order valence-corrected chi connectivity index (χ4v) is 3.28. The first kappa shape index (κ1) is 21.7. The largest absolute Gasteiger partial charge is 0.391 e. The molecule has 0 spiro atoms. The van der Waals surface area contributed by atoms with E-state index in [1.54, 1.807) is 0 Å². The lowest BCUT2D eigenvalue weighted by Gasteiger charge is -2.24. The number of unbranched alkanes of at least 4 members (excludes halogenated alkanes) is 8. The molecule has 1 aromatic carbocycles. The van der Waals surface area contributed by atoms with E-state index < -0.39 is 6.10 Å². The van der Waals surface area contributed by atoms with Crippen LogP contribution in [0.2, 0.25) is 0 Å². The van der Waals surface area contributed by atoms with Crippen molar-refractivity contribution >= 4 is 5.91 Å². The average Bonchev–Trinajstić information content (AvgIpc) is 2.60. The van der Waals surface area contributed by atoms with E-state index in [9.17, 15) is 9.90 Å². The molecule has 0 fully saturated rings. The van der Waals surface area contributed by atoms with E-state index in [1.807, 2.05) is 30.3 Å². The maximum absolute atomic E-state index is 11.4. The Hall–Kier alpha value is -1.35. The summed E-state index contributed by atoms with van der Waals surface area (Å²) in [5.74, 6) is -0.0768. The predicted octanol–water partition coefficient (Wildman–Crippen LogP) is 5.02. The highest BCUT2D eigenvalue weighted by atomic mass is 16.3. The Morgan fingerprint density at radius 1 is 0.960 bits per heavy atom. The molecule has 142 valence electrons. The van der Waals surface area contributed by atoms with Gasteiger partial charge in [0.25, 0.3) is 0 Å². The van der Waals surface area contributed by atoms with Crippen LogP contribution in [0.15, 0.2) is 30.3 Å². The summed E-state index contributed by atoms with van der Waals surface area (Å²) in [7, 11) is 0. The predicted molar refractivity (Wildman–Crippen MR) is 106 cm³/mol. The molecule has 3 heteroatoms. The molecule has 0 aromatic heterocycles. The van der Waals surface area contributed by atoms with Crippen molar-refractivity contribution in [2.24, 2.45) is 0 Å². The summed E-state index contributed by atoms with van der Waals surface area (Å²) in [6, 6.07) is 9.85. The minimum absolute atomic E-state index is 0.0768. The molecule has 0 bridgehead atoms. The van der Waals surface area contributed by atoms with Crippen LogP contribution in [0, 0.1) is 0 Å². The van der Waals surface area contributed by atoms with Crippen molar-refractivity contribution in [2.75, 3.05) is 0 Å². The van der Waals surface area contributed by atoms with Gasteiger partial charge in [-0.2, -0.15) is 0 Å². The van der Waals surface area contributed by atoms with Crippen LogP contribution in [0.1, 0.15) is 83.6 Å². The Kier molecular flexibility index (Phi) is 12.0. The van der Waals surface area contributed by atoms with Gasteiger partial charge in [-0.3, -0.25) is 4.79 Å². The van der Waals surface area contributed by atoms with Crippen molar-refractivity contribution in [2.45, 2.75) is 96.6 Å². The van der Waals surface area contributed by atoms with Gasteiger partial charge in [-0.15, -0.1) is 0 Å². The molecule has 0 saturated heterocycles. The summed E-state index contributed by atoms with van der Waals surface area (Å²) in [5.41, 5.74) is 1.15. The second-order valence-electron chi connectivity index (χ2n) is 7.18. The number of rotatable bonds is 14. The molecule has 25 heavy (non-hydrogen) atoms. The highest BCUT2D eigenvalue weighted by molar-refractivity contribution is 5.73. The molecular weight excluding hydrogens is 310 g/mol. The summed E-state index contributed by atoms with van der Waals surface area (Å²) in [6.45, 7) is 3.76. The van der Waals surface area contributed by atoms with E-state index in [2.05, 4.69) is 12.2 Å². The van der Waals surface area contributed by atoms with Crippen molar-refractivity contribution in [3.8, 4) is 0 Å². The smallest absolute Gasteiger partial charge is 0.217 e. The minimum atomic E-state index is -0.478. The van der Waals surface area contributed by atoms with Crippen LogP contribution in [0.25, 0.3) is 0 Å². The molecular formula is C22H37NO2. The Labute approximate surface area is 154 Å². The van der Waals surface area contributed by atoms with Gasteiger partial charge in [0, 0.05) is 6.92 Å². The molecule has 1 aromatic rings. The molecule has 2 unspecified atom stereocenters. The topological polar surface area (TPSA) is 49.3 Å². The van der Waals surface area contributed by atoms with Gasteiger partial charge in [0.05, 0.1) is 12.1 Å². The SMILES string of the molecule is CCCCCCCCCCCC(O)C(Cc1ccccc1)NC(C)=O. The zero-order valence-electron chi connectivity index (χ0n) is 16.2. The van der Waals surface area contributed by atoms with Gasteiger partial charge in [0.1, 0.15) is 0 Å². The van der Waals surface area contributed by atoms with Gasteiger partial charge in [-0.05, 0) is 18.4 Å². The first-order valence-corrected chi connectivity index (χ1v) is 10.1. The highest BCUT2D eigenvalue weighted by Gasteiger charge is 2.20. The van der Waals surface area contributed by atoms with Gasteiger partial charge in [0.2, 0.25) is 5.91 Å². The molecule has 2 N–H and O–H groups in total. The van der Waals surface area contributed by atoms with Crippen LogP contribution >= 0.6 is 0 Å². The average molecular weight is 348 g/mol. The molecule has 0 aliphatic carbocycles. The molecule has 0 heterocycles. The lowest BCUT2D eigenvalue weighted by molar-refractivity contribution is -0.120. The quantitative estimate of drug-likeness (QED) is 0.464. The number of aliphatic hydroxyl groups excluding tert-OH is 1. The molecule has 3 nitrogen and oxygen atoms in total. The van der Waals surface area contributed by atoms with Crippen LogP contribution in [0.3, 0.4) is 0 Å². The number of hydrogen-bond donors (Lipinski definition) is 2. The zero-order valence-corrected chi connectivity index (χ0v) is 16.2.